The molecule has 0 aromatic rings. The highest BCUT2D eigenvalue weighted by molar-refractivity contribution is 4.90. The van der Waals surface area contributed by atoms with Gasteiger partial charge in [-0.1, -0.05) is 66.2 Å². The largest absolute Gasteiger partial charge is 0.343 e. The molecule has 1 atom stereocenters. The average Bonchev–Trinajstić information content (AvgIpc) is 2.35. The third-order valence-electron chi connectivity index (χ3n) is 4.55. The lowest BCUT2D eigenvalue weighted by Gasteiger charge is -2.45. The van der Waals surface area contributed by atoms with Gasteiger partial charge in [0.15, 0.2) is 0 Å². The summed E-state index contributed by atoms with van der Waals surface area (Å²) in [6.45, 7) is 8.37. The van der Waals surface area contributed by atoms with Gasteiger partial charge in [-0.2, -0.15) is 0 Å². The predicted molar refractivity (Wildman–Crippen MR) is 79.6 cm³/mol. The maximum Gasteiger partial charge on any atom is 0.281 e. The molecule has 0 aromatic heterocycles. The molecule has 0 bridgehead atoms. The van der Waals surface area contributed by atoms with Crippen LogP contribution in [0.25, 0.3) is 0 Å². The standard InChI is InChI=1S/C16H34O3/c1-5-8-11-14(4)15(12-9-6-2,13-10-7-3)16(17,18)19/h14,17-19H,5-13H2,1-4H3. The van der Waals surface area contributed by atoms with Gasteiger partial charge < -0.3 is 15.3 Å². The van der Waals surface area contributed by atoms with E-state index in [4.69, 9.17) is 0 Å². The smallest absolute Gasteiger partial charge is 0.281 e. The van der Waals surface area contributed by atoms with Crippen LogP contribution in [0.2, 0.25) is 0 Å². The third kappa shape index (κ3) is 5.41. The highest BCUT2D eigenvalue weighted by Crippen LogP contribution is 2.47. The van der Waals surface area contributed by atoms with E-state index in [1.165, 1.54) is 0 Å². The van der Waals surface area contributed by atoms with Gasteiger partial charge >= 0.3 is 0 Å². The highest BCUT2D eigenvalue weighted by atomic mass is 16.7. The minimum absolute atomic E-state index is 0.116. The maximum atomic E-state index is 9.96. The van der Waals surface area contributed by atoms with Crippen molar-refractivity contribution in [2.75, 3.05) is 0 Å². The molecule has 0 rings (SSSR count). The number of rotatable bonds is 11. The van der Waals surface area contributed by atoms with Crippen LogP contribution in [0.1, 0.15) is 85.5 Å². The first-order valence-electron chi connectivity index (χ1n) is 8.02. The second-order valence-corrected chi connectivity index (χ2v) is 6.04. The van der Waals surface area contributed by atoms with Gasteiger partial charge in [-0.05, 0) is 25.2 Å². The molecule has 0 aliphatic rings. The summed E-state index contributed by atoms with van der Waals surface area (Å²) in [6, 6.07) is 0. The molecule has 0 spiro atoms. The van der Waals surface area contributed by atoms with Crippen molar-refractivity contribution in [3.8, 4) is 0 Å². The second kappa shape index (κ2) is 8.93. The lowest BCUT2D eigenvalue weighted by atomic mass is 9.66. The first-order chi connectivity index (χ1) is 8.85. The Bertz CT molecular complexity index is 213. The van der Waals surface area contributed by atoms with E-state index in [-0.39, 0.29) is 5.92 Å². The van der Waals surface area contributed by atoms with Gasteiger partial charge in [-0.3, -0.25) is 0 Å². The zero-order valence-corrected chi connectivity index (χ0v) is 13.3. The summed E-state index contributed by atoms with van der Waals surface area (Å²) >= 11 is 0. The molecule has 0 fully saturated rings. The summed E-state index contributed by atoms with van der Waals surface area (Å²) in [5.74, 6) is -2.45. The molecule has 0 amide bonds. The summed E-state index contributed by atoms with van der Waals surface area (Å²) in [5.41, 5.74) is -0.784. The van der Waals surface area contributed by atoms with Crippen LogP contribution in [0.5, 0.6) is 0 Å². The SMILES string of the molecule is CCCCC(C)C(CCCC)(CCCC)C(O)(O)O. The molecule has 3 heteroatoms. The summed E-state index contributed by atoms with van der Waals surface area (Å²) in [4.78, 5) is 0. The summed E-state index contributed by atoms with van der Waals surface area (Å²) in [6.07, 6.45) is 8.31. The molecule has 3 N–H and O–H groups in total. The van der Waals surface area contributed by atoms with E-state index in [1.54, 1.807) is 0 Å². The molecule has 0 saturated carbocycles. The fraction of sp³-hybridized carbons (Fsp3) is 1.00. The lowest BCUT2D eigenvalue weighted by molar-refractivity contribution is -0.388. The molecule has 0 heterocycles. The molecule has 0 aliphatic heterocycles. The molecule has 0 aliphatic carbocycles. The lowest BCUT2D eigenvalue weighted by Crippen LogP contribution is -2.52. The van der Waals surface area contributed by atoms with Crippen molar-refractivity contribution in [3.05, 3.63) is 0 Å². The normalized spacial score (nSPS) is 14.7. The quantitative estimate of drug-likeness (QED) is 0.502. The van der Waals surface area contributed by atoms with Crippen molar-refractivity contribution in [1.29, 1.82) is 0 Å². The summed E-state index contributed by atoms with van der Waals surface area (Å²) in [5, 5.41) is 29.9. The van der Waals surface area contributed by atoms with Crippen LogP contribution in [0.4, 0.5) is 0 Å². The molecule has 1 unspecified atom stereocenters. The Morgan fingerprint density at radius 2 is 1.21 bits per heavy atom. The van der Waals surface area contributed by atoms with E-state index >= 15 is 0 Å². The van der Waals surface area contributed by atoms with Crippen LogP contribution in [0.15, 0.2) is 0 Å². The third-order valence-corrected chi connectivity index (χ3v) is 4.55. The van der Waals surface area contributed by atoms with Crippen LogP contribution in [0.3, 0.4) is 0 Å². The summed E-state index contributed by atoms with van der Waals surface area (Å²) < 4.78 is 0. The van der Waals surface area contributed by atoms with Gasteiger partial charge in [-0.15, -0.1) is 0 Å². The number of hydrogen-bond donors (Lipinski definition) is 3. The first kappa shape index (κ1) is 18.9. The van der Waals surface area contributed by atoms with Gasteiger partial charge in [-0.25, -0.2) is 0 Å². The fourth-order valence-electron chi connectivity index (χ4n) is 3.05. The minimum Gasteiger partial charge on any atom is -0.343 e. The zero-order chi connectivity index (χ0) is 14.9. The van der Waals surface area contributed by atoms with Crippen LogP contribution in [-0.4, -0.2) is 21.3 Å². The Morgan fingerprint density at radius 3 is 1.53 bits per heavy atom. The molecule has 0 saturated heterocycles. The summed E-state index contributed by atoms with van der Waals surface area (Å²) in [7, 11) is 0. The Balaban J connectivity index is 5.09. The molecular formula is C16H34O3. The van der Waals surface area contributed by atoms with Crippen LogP contribution in [-0.2, 0) is 0 Å². The second-order valence-electron chi connectivity index (χ2n) is 6.04. The van der Waals surface area contributed by atoms with E-state index in [9.17, 15) is 15.3 Å². The number of unbranched alkanes of at least 4 members (excludes halogenated alkanes) is 3. The Labute approximate surface area is 119 Å². The van der Waals surface area contributed by atoms with E-state index < -0.39 is 11.4 Å². The van der Waals surface area contributed by atoms with Crippen LogP contribution >= 0.6 is 0 Å². The predicted octanol–water partition coefficient (Wildman–Crippen LogP) is 3.81. The monoisotopic (exact) mass is 274 g/mol. The maximum absolute atomic E-state index is 9.96. The van der Waals surface area contributed by atoms with Crippen molar-refractivity contribution >= 4 is 0 Å². The number of aliphatic hydroxyl groups is 3. The molecule has 19 heavy (non-hydrogen) atoms. The van der Waals surface area contributed by atoms with Gasteiger partial charge in [0.25, 0.3) is 5.97 Å². The van der Waals surface area contributed by atoms with Crippen molar-refractivity contribution in [3.63, 3.8) is 0 Å². The Morgan fingerprint density at radius 1 is 0.789 bits per heavy atom. The van der Waals surface area contributed by atoms with Crippen LogP contribution in [0, 0.1) is 11.3 Å². The van der Waals surface area contributed by atoms with Gasteiger partial charge in [0.1, 0.15) is 0 Å². The van der Waals surface area contributed by atoms with Crippen LogP contribution < -0.4 is 0 Å². The van der Waals surface area contributed by atoms with Crippen molar-refractivity contribution in [2.24, 2.45) is 11.3 Å². The topological polar surface area (TPSA) is 60.7 Å². The molecule has 0 aromatic carbocycles. The molecule has 0 radical (unpaired) electrons. The zero-order valence-electron chi connectivity index (χ0n) is 13.3. The van der Waals surface area contributed by atoms with Crippen molar-refractivity contribution in [1.82, 2.24) is 0 Å². The van der Waals surface area contributed by atoms with E-state index in [0.717, 1.165) is 44.9 Å². The highest BCUT2D eigenvalue weighted by Gasteiger charge is 2.50. The van der Waals surface area contributed by atoms with Gasteiger partial charge in [0.2, 0.25) is 0 Å². The Kier molecular flexibility index (Phi) is 8.88. The molecular weight excluding hydrogens is 240 g/mol. The van der Waals surface area contributed by atoms with E-state index in [1.807, 2.05) is 0 Å². The van der Waals surface area contributed by atoms with E-state index in [0.29, 0.717) is 12.8 Å². The fourth-order valence-corrected chi connectivity index (χ4v) is 3.05. The van der Waals surface area contributed by atoms with E-state index in [2.05, 4.69) is 27.7 Å². The minimum atomic E-state index is -2.56. The number of hydrogen-bond acceptors (Lipinski definition) is 3. The average molecular weight is 274 g/mol. The van der Waals surface area contributed by atoms with Crippen molar-refractivity contribution < 1.29 is 15.3 Å². The van der Waals surface area contributed by atoms with Gasteiger partial charge in [0.05, 0.1) is 5.41 Å². The Hall–Kier alpha value is -0.120. The molecule has 3 nitrogen and oxygen atoms in total. The first-order valence-corrected chi connectivity index (χ1v) is 8.02. The van der Waals surface area contributed by atoms with Crippen molar-refractivity contribution in [2.45, 2.75) is 91.5 Å². The molecule has 116 valence electrons. The van der Waals surface area contributed by atoms with Gasteiger partial charge in [0, 0.05) is 0 Å².